The standard InChI is InChI=1S/C16H15NO2/c1-2-16(8-11-18-12-9-16)19-14-7-3-5-13-6-4-10-17-15(13)14/h1,3-7,10H,8-9,11-12H2. The number of aromatic nitrogens is 1. The Morgan fingerprint density at radius 1 is 1.21 bits per heavy atom. The third-order valence-corrected chi connectivity index (χ3v) is 3.46. The molecule has 1 aliphatic heterocycles. The summed E-state index contributed by atoms with van der Waals surface area (Å²) in [5, 5.41) is 1.05. The van der Waals surface area contributed by atoms with E-state index in [0.717, 1.165) is 16.7 Å². The number of para-hydroxylation sites is 1. The minimum Gasteiger partial charge on any atom is -0.472 e. The quantitative estimate of drug-likeness (QED) is 0.771. The van der Waals surface area contributed by atoms with Crippen LogP contribution >= 0.6 is 0 Å². The Labute approximate surface area is 112 Å². The summed E-state index contributed by atoms with van der Waals surface area (Å²) in [5.74, 6) is 3.55. The van der Waals surface area contributed by atoms with Crippen molar-refractivity contribution in [1.82, 2.24) is 4.98 Å². The molecule has 3 nitrogen and oxygen atoms in total. The number of ether oxygens (including phenoxy) is 2. The molecule has 3 rings (SSSR count). The van der Waals surface area contributed by atoms with Crippen LogP contribution in [0.3, 0.4) is 0 Å². The monoisotopic (exact) mass is 253 g/mol. The highest BCUT2D eigenvalue weighted by atomic mass is 16.5. The Morgan fingerprint density at radius 3 is 2.79 bits per heavy atom. The molecule has 0 aliphatic carbocycles. The molecule has 0 atom stereocenters. The Hall–Kier alpha value is -2.05. The van der Waals surface area contributed by atoms with Crippen molar-refractivity contribution in [2.75, 3.05) is 13.2 Å². The Balaban J connectivity index is 1.99. The van der Waals surface area contributed by atoms with Gasteiger partial charge in [-0.15, -0.1) is 6.42 Å². The molecule has 0 bridgehead atoms. The van der Waals surface area contributed by atoms with Gasteiger partial charge in [-0.05, 0) is 12.1 Å². The maximum Gasteiger partial charge on any atom is 0.173 e. The fourth-order valence-electron chi connectivity index (χ4n) is 2.35. The summed E-state index contributed by atoms with van der Waals surface area (Å²) in [4.78, 5) is 4.39. The summed E-state index contributed by atoms with van der Waals surface area (Å²) in [5.41, 5.74) is 0.287. The van der Waals surface area contributed by atoms with Crippen molar-refractivity contribution in [3.63, 3.8) is 0 Å². The van der Waals surface area contributed by atoms with Gasteiger partial charge in [0, 0.05) is 24.4 Å². The molecular weight excluding hydrogens is 238 g/mol. The smallest absolute Gasteiger partial charge is 0.173 e. The molecule has 0 radical (unpaired) electrons. The zero-order chi connectivity index (χ0) is 13.1. The van der Waals surface area contributed by atoms with Crippen LogP contribution in [0.1, 0.15) is 12.8 Å². The van der Waals surface area contributed by atoms with E-state index < -0.39 is 5.60 Å². The lowest BCUT2D eigenvalue weighted by molar-refractivity contribution is -0.0105. The molecule has 0 spiro atoms. The Morgan fingerprint density at radius 2 is 2.00 bits per heavy atom. The first-order chi connectivity index (χ1) is 9.33. The largest absolute Gasteiger partial charge is 0.472 e. The molecule has 0 unspecified atom stereocenters. The van der Waals surface area contributed by atoms with E-state index >= 15 is 0 Å². The van der Waals surface area contributed by atoms with Crippen LogP contribution in [0.2, 0.25) is 0 Å². The highest BCUT2D eigenvalue weighted by Gasteiger charge is 2.33. The summed E-state index contributed by atoms with van der Waals surface area (Å²) in [6.45, 7) is 1.28. The predicted octanol–water partition coefficient (Wildman–Crippen LogP) is 2.80. The molecular formula is C16H15NO2. The number of benzene rings is 1. The number of terminal acetylenes is 1. The van der Waals surface area contributed by atoms with Gasteiger partial charge in [-0.1, -0.05) is 24.1 Å². The van der Waals surface area contributed by atoms with Crippen LogP contribution < -0.4 is 4.74 Å². The van der Waals surface area contributed by atoms with Gasteiger partial charge in [-0.25, -0.2) is 0 Å². The fourth-order valence-corrected chi connectivity index (χ4v) is 2.35. The van der Waals surface area contributed by atoms with E-state index in [4.69, 9.17) is 15.9 Å². The zero-order valence-corrected chi connectivity index (χ0v) is 10.6. The number of nitrogens with zero attached hydrogens (tertiary/aromatic N) is 1. The van der Waals surface area contributed by atoms with Gasteiger partial charge in [0.15, 0.2) is 5.60 Å². The van der Waals surface area contributed by atoms with Crippen LogP contribution in [-0.4, -0.2) is 23.8 Å². The summed E-state index contributed by atoms with van der Waals surface area (Å²) in [6, 6.07) is 9.83. The van der Waals surface area contributed by atoms with Gasteiger partial charge < -0.3 is 9.47 Å². The van der Waals surface area contributed by atoms with Crippen LogP contribution in [0.15, 0.2) is 36.5 Å². The molecule has 19 heavy (non-hydrogen) atoms. The molecule has 1 aromatic heterocycles. The maximum atomic E-state index is 6.13. The number of fused-ring (bicyclic) bond motifs is 1. The molecule has 0 amide bonds. The summed E-state index contributed by atoms with van der Waals surface area (Å²) >= 11 is 0. The molecule has 1 aliphatic rings. The average molecular weight is 253 g/mol. The SMILES string of the molecule is C#CC1(Oc2cccc3cccnc23)CCOCC1. The molecule has 1 fully saturated rings. The van der Waals surface area contributed by atoms with Crippen molar-refractivity contribution in [1.29, 1.82) is 0 Å². The third kappa shape index (κ3) is 2.27. The lowest BCUT2D eigenvalue weighted by Gasteiger charge is -2.33. The Bertz CT molecular complexity index is 619. The second-order valence-corrected chi connectivity index (χ2v) is 4.68. The number of rotatable bonds is 2. The van der Waals surface area contributed by atoms with Crippen LogP contribution in [0, 0.1) is 12.3 Å². The lowest BCUT2D eigenvalue weighted by Crippen LogP contribution is -2.40. The molecule has 2 heterocycles. The van der Waals surface area contributed by atoms with E-state index in [-0.39, 0.29) is 0 Å². The van der Waals surface area contributed by atoms with E-state index in [0.29, 0.717) is 26.1 Å². The summed E-state index contributed by atoms with van der Waals surface area (Å²) < 4.78 is 11.5. The summed E-state index contributed by atoms with van der Waals surface area (Å²) in [7, 11) is 0. The second-order valence-electron chi connectivity index (χ2n) is 4.68. The van der Waals surface area contributed by atoms with Gasteiger partial charge in [0.05, 0.1) is 13.2 Å². The first-order valence-electron chi connectivity index (χ1n) is 6.41. The predicted molar refractivity (Wildman–Crippen MR) is 74.0 cm³/mol. The Kier molecular flexibility index (Phi) is 3.10. The molecule has 0 N–H and O–H groups in total. The van der Waals surface area contributed by atoms with Gasteiger partial charge in [-0.3, -0.25) is 4.98 Å². The van der Waals surface area contributed by atoms with E-state index in [1.165, 1.54) is 0 Å². The van der Waals surface area contributed by atoms with E-state index in [2.05, 4.69) is 10.9 Å². The first kappa shape index (κ1) is 12.0. The van der Waals surface area contributed by atoms with Crippen molar-refractivity contribution in [3.05, 3.63) is 36.5 Å². The molecule has 1 aromatic carbocycles. The van der Waals surface area contributed by atoms with E-state index in [1.807, 2.05) is 30.3 Å². The van der Waals surface area contributed by atoms with E-state index in [9.17, 15) is 0 Å². The van der Waals surface area contributed by atoms with Crippen molar-refractivity contribution in [3.8, 4) is 18.1 Å². The first-order valence-corrected chi connectivity index (χ1v) is 6.41. The van der Waals surface area contributed by atoms with Crippen molar-refractivity contribution < 1.29 is 9.47 Å². The third-order valence-electron chi connectivity index (χ3n) is 3.46. The fraction of sp³-hybridized carbons (Fsp3) is 0.312. The van der Waals surface area contributed by atoms with Crippen molar-refractivity contribution >= 4 is 10.9 Å². The van der Waals surface area contributed by atoms with E-state index in [1.54, 1.807) is 6.20 Å². The van der Waals surface area contributed by atoms with Gasteiger partial charge in [0.25, 0.3) is 0 Å². The number of hydrogen-bond donors (Lipinski definition) is 0. The van der Waals surface area contributed by atoms with Crippen LogP contribution in [0.5, 0.6) is 5.75 Å². The number of pyridine rings is 1. The highest BCUT2D eigenvalue weighted by Crippen LogP contribution is 2.31. The van der Waals surface area contributed by atoms with Crippen molar-refractivity contribution in [2.24, 2.45) is 0 Å². The maximum absolute atomic E-state index is 6.13. The molecule has 96 valence electrons. The van der Waals surface area contributed by atoms with Crippen molar-refractivity contribution in [2.45, 2.75) is 18.4 Å². The highest BCUT2D eigenvalue weighted by molar-refractivity contribution is 5.84. The lowest BCUT2D eigenvalue weighted by atomic mass is 9.95. The molecule has 1 saturated heterocycles. The van der Waals surface area contributed by atoms with Crippen LogP contribution in [0.25, 0.3) is 10.9 Å². The normalized spacial score (nSPS) is 17.8. The van der Waals surface area contributed by atoms with Crippen LogP contribution in [0.4, 0.5) is 0 Å². The van der Waals surface area contributed by atoms with Crippen LogP contribution in [-0.2, 0) is 4.74 Å². The van der Waals surface area contributed by atoms with Gasteiger partial charge in [-0.2, -0.15) is 0 Å². The minimum absolute atomic E-state index is 0.565. The minimum atomic E-state index is -0.565. The summed E-state index contributed by atoms with van der Waals surface area (Å²) in [6.07, 6.45) is 8.87. The van der Waals surface area contributed by atoms with Gasteiger partial charge in [0.2, 0.25) is 0 Å². The zero-order valence-electron chi connectivity index (χ0n) is 10.6. The average Bonchev–Trinajstić information content (AvgIpc) is 2.49. The molecule has 2 aromatic rings. The number of hydrogen-bond acceptors (Lipinski definition) is 3. The van der Waals surface area contributed by atoms with Gasteiger partial charge >= 0.3 is 0 Å². The molecule has 3 heteroatoms. The van der Waals surface area contributed by atoms with Gasteiger partial charge in [0.1, 0.15) is 11.3 Å². The topological polar surface area (TPSA) is 31.4 Å². The molecule has 0 saturated carbocycles. The second kappa shape index (κ2) is 4.91.